The van der Waals surface area contributed by atoms with Crippen molar-refractivity contribution in [2.24, 2.45) is 0 Å². The summed E-state index contributed by atoms with van der Waals surface area (Å²) in [5, 5.41) is 21.0. The summed E-state index contributed by atoms with van der Waals surface area (Å²) in [6.45, 7) is 0. The minimum absolute atomic E-state index is 0.350. The molecule has 8 rings (SSSR count). The van der Waals surface area contributed by atoms with E-state index in [-0.39, 0.29) is 11.8 Å². The molecule has 0 saturated heterocycles. The quantitative estimate of drug-likeness (QED) is 0.192. The Morgan fingerprint density at radius 2 is 1.28 bits per heavy atom. The molecule has 0 fully saturated rings. The second kappa shape index (κ2) is 10.4. The SMILES string of the molecule is N#Cc1ccc(-c2ccc3c(c2)c2ccccc2n3-c2cccc3c2C(=O)N(c2cccc(-c4ccccc4)c2)C3=O)c(C#N)c1. The topological polar surface area (TPSA) is 89.9 Å². The summed E-state index contributed by atoms with van der Waals surface area (Å²) < 4.78 is 2.03. The first-order valence-electron chi connectivity index (χ1n) is 14.7. The van der Waals surface area contributed by atoms with Gasteiger partial charge < -0.3 is 4.57 Å². The van der Waals surface area contributed by atoms with E-state index in [1.807, 2.05) is 108 Å². The van der Waals surface area contributed by atoms with Crippen molar-refractivity contribution in [2.45, 2.75) is 0 Å². The smallest absolute Gasteiger partial charge is 0.268 e. The number of rotatable bonds is 4. The molecule has 0 atom stereocenters. The van der Waals surface area contributed by atoms with Crippen molar-refractivity contribution in [1.29, 1.82) is 10.5 Å². The molecule has 6 heteroatoms. The third-order valence-electron chi connectivity index (χ3n) is 8.60. The summed E-state index contributed by atoms with van der Waals surface area (Å²) in [6.07, 6.45) is 0. The fourth-order valence-electron chi connectivity index (χ4n) is 6.50. The van der Waals surface area contributed by atoms with E-state index in [1.165, 1.54) is 4.90 Å². The maximum atomic E-state index is 14.2. The standard InChI is InChI=1S/C40H22N4O2/c41-23-25-16-18-31(29(20-25)24-42)28-17-19-36-34(22-28)32-12-4-5-14-35(32)44(36)37-15-7-13-33-38(37)40(46)43(39(33)45)30-11-6-10-27(21-30)26-8-2-1-3-9-26/h1-22H. The summed E-state index contributed by atoms with van der Waals surface area (Å²) in [4.78, 5) is 29.4. The molecule has 0 N–H and O–H groups in total. The maximum absolute atomic E-state index is 14.2. The molecule has 1 aromatic heterocycles. The highest BCUT2D eigenvalue weighted by Crippen LogP contribution is 2.39. The van der Waals surface area contributed by atoms with Gasteiger partial charge in [0.2, 0.25) is 0 Å². The molecule has 0 radical (unpaired) electrons. The summed E-state index contributed by atoms with van der Waals surface area (Å²) in [6, 6.07) is 46.1. The molecule has 2 amide bonds. The molecule has 6 aromatic carbocycles. The van der Waals surface area contributed by atoms with Crippen LogP contribution in [0.15, 0.2) is 133 Å². The molecule has 1 aliphatic heterocycles. The van der Waals surface area contributed by atoms with Gasteiger partial charge in [0.15, 0.2) is 0 Å². The van der Waals surface area contributed by atoms with Gasteiger partial charge in [-0.15, -0.1) is 0 Å². The number of nitriles is 2. The number of hydrogen-bond donors (Lipinski definition) is 0. The Labute approximate surface area is 264 Å². The predicted molar refractivity (Wildman–Crippen MR) is 179 cm³/mol. The third-order valence-corrected chi connectivity index (χ3v) is 8.60. The van der Waals surface area contributed by atoms with Crippen LogP contribution in [0, 0.1) is 22.7 Å². The van der Waals surface area contributed by atoms with Gasteiger partial charge in [-0.2, -0.15) is 10.5 Å². The minimum atomic E-state index is -0.375. The number of carbonyl (C=O) groups excluding carboxylic acids is 2. The van der Waals surface area contributed by atoms with Crippen molar-refractivity contribution in [1.82, 2.24) is 4.57 Å². The molecule has 0 spiro atoms. The Hall–Kier alpha value is -6.76. The first kappa shape index (κ1) is 26.8. The van der Waals surface area contributed by atoms with Gasteiger partial charge in [0.05, 0.1) is 56.8 Å². The Kier molecular flexibility index (Phi) is 6.10. The number of anilines is 1. The lowest BCUT2D eigenvalue weighted by Gasteiger charge is -2.16. The second-order valence-corrected chi connectivity index (χ2v) is 11.1. The van der Waals surface area contributed by atoms with Crippen molar-refractivity contribution in [2.75, 3.05) is 4.90 Å². The lowest BCUT2D eigenvalue weighted by atomic mass is 9.97. The summed E-state index contributed by atoms with van der Waals surface area (Å²) >= 11 is 0. The third kappa shape index (κ3) is 4.02. The van der Waals surface area contributed by atoms with Gasteiger partial charge in [-0.25, -0.2) is 4.90 Å². The molecule has 7 aromatic rings. The van der Waals surface area contributed by atoms with Crippen molar-refractivity contribution >= 4 is 39.3 Å². The number of nitrogens with zero attached hydrogens (tertiary/aromatic N) is 4. The van der Waals surface area contributed by atoms with E-state index in [2.05, 4.69) is 12.1 Å². The molecule has 0 aliphatic carbocycles. The van der Waals surface area contributed by atoms with Crippen molar-refractivity contribution in [3.05, 3.63) is 156 Å². The van der Waals surface area contributed by atoms with Gasteiger partial charge in [0, 0.05) is 10.8 Å². The summed E-state index contributed by atoms with van der Waals surface area (Å²) in [5.41, 5.74) is 7.90. The molecule has 214 valence electrons. The van der Waals surface area contributed by atoms with E-state index >= 15 is 0 Å². The van der Waals surface area contributed by atoms with Gasteiger partial charge in [0.1, 0.15) is 0 Å². The molecular weight excluding hydrogens is 568 g/mol. The van der Waals surface area contributed by atoms with Crippen molar-refractivity contribution in [3.63, 3.8) is 0 Å². The van der Waals surface area contributed by atoms with Gasteiger partial charge >= 0.3 is 0 Å². The zero-order valence-electron chi connectivity index (χ0n) is 24.3. The first-order valence-corrected chi connectivity index (χ1v) is 14.7. The average molecular weight is 591 g/mol. The number of benzene rings is 6. The molecule has 46 heavy (non-hydrogen) atoms. The Morgan fingerprint density at radius 3 is 2.11 bits per heavy atom. The average Bonchev–Trinajstić information content (AvgIpc) is 3.58. The number of fused-ring (bicyclic) bond motifs is 4. The van der Waals surface area contributed by atoms with E-state index in [0.717, 1.165) is 44.1 Å². The number of amides is 2. The molecule has 1 aliphatic rings. The monoisotopic (exact) mass is 590 g/mol. The van der Waals surface area contributed by atoms with Gasteiger partial charge in [-0.05, 0) is 76.9 Å². The number of imide groups is 1. The lowest BCUT2D eigenvalue weighted by molar-refractivity contribution is 0.0926. The zero-order chi connectivity index (χ0) is 31.4. The predicted octanol–water partition coefficient (Wildman–Crippen LogP) is 8.66. The number of hydrogen-bond acceptors (Lipinski definition) is 4. The Bertz CT molecular complexity index is 2500. The summed E-state index contributed by atoms with van der Waals surface area (Å²) in [5.74, 6) is -0.737. The molecule has 2 heterocycles. The van der Waals surface area contributed by atoms with Crippen molar-refractivity contribution < 1.29 is 9.59 Å². The minimum Gasteiger partial charge on any atom is -0.308 e. The van der Waals surface area contributed by atoms with E-state index < -0.39 is 0 Å². The largest absolute Gasteiger partial charge is 0.308 e. The van der Waals surface area contributed by atoms with Crippen LogP contribution in [0.25, 0.3) is 49.7 Å². The normalized spacial score (nSPS) is 12.3. The van der Waals surface area contributed by atoms with Crippen LogP contribution in [0.1, 0.15) is 31.8 Å². The summed E-state index contributed by atoms with van der Waals surface area (Å²) in [7, 11) is 0. The van der Waals surface area contributed by atoms with Gasteiger partial charge in [0.25, 0.3) is 11.8 Å². The fraction of sp³-hybridized carbons (Fsp3) is 0. The first-order chi connectivity index (χ1) is 22.6. The fourth-order valence-corrected chi connectivity index (χ4v) is 6.50. The highest BCUT2D eigenvalue weighted by atomic mass is 16.2. The molecule has 0 saturated carbocycles. The van der Waals surface area contributed by atoms with E-state index in [1.54, 1.807) is 30.3 Å². The molecule has 0 bridgehead atoms. The molecular formula is C40H22N4O2. The van der Waals surface area contributed by atoms with Gasteiger partial charge in [-0.3, -0.25) is 9.59 Å². The van der Waals surface area contributed by atoms with Gasteiger partial charge in [-0.1, -0.05) is 78.9 Å². The van der Waals surface area contributed by atoms with Crippen LogP contribution in [0.2, 0.25) is 0 Å². The highest BCUT2D eigenvalue weighted by Gasteiger charge is 2.39. The van der Waals surface area contributed by atoms with E-state index in [9.17, 15) is 20.1 Å². The number of aromatic nitrogens is 1. The molecule has 0 unspecified atom stereocenters. The van der Waals surface area contributed by atoms with Crippen molar-refractivity contribution in [3.8, 4) is 40.1 Å². The zero-order valence-corrected chi connectivity index (χ0v) is 24.3. The Morgan fingerprint density at radius 1 is 0.522 bits per heavy atom. The second-order valence-electron chi connectivity index (χ2n) is 11.1. The maximum Gasteiger partial charge on any atom is 0.268 e. The Balaban J connectivity index is 1.29. The van der Waals surface area contributed by atoms with Crippen LogP contribution in [0.4, 0.5) is 5.69 Å². The van der Waals surface area contributed by atoms with Crippen LogP contribution in [0.5, 0.6) is 0 Å². The highest BCUT2D eigenvalue weighted by molar-refractivity contribution is 6.36. The van der Waals surface area contributed by atoms with E-state index in [0.29, 0.717) is 33.6 Å². The lowest BCUT2D eigenvalue weighted by Crippen LogP contribution is -2.29. The van der Waals surface area contributed by atoms with Crippen LogP contribution in [0.3, 0.4) is 0 Å². The number of para-hydroxylation sites is 1. The molecule has 6 nitrogen and oxygen atoms in total. The van der Waals surface area contributed by atoms with Crippen LogP contribution >= 0.6 is 0 Å². The van der Waals surface area contributed by atoms with Crippen LogP contribution in [-0.4, -0.2) is 16.4 Å². The van der Waals surface area contributed by atoms with E-state index in [4.69, 9.17) is 0 Å². The number of carbonyl (C=O) groups is 2. The van der Waals surface area contributed by atoms with Crippen LogP contribution < -0.4 is 4.90 Å². The van der Waals surface area contributed by atoms with Crippen LogP contribution in [-0.2, 0) is 0 Å².